The molecule has 0 aliphatic carbocycles. The summed E-state index contributed by atoms with van der Waals surface area (Å²) in [5.74, 6) is 1.65. The van der Waals surface area contributed by atoms with Gasteiger partial charge in [-0.3, -0.25) is 4.99 Å². The lowest BCUT2D eigenvalue weighted by molar-refractivity contribution is 0.415. The predicted molar refractivity (Wildman–Crippen MR) is 135 cm³/mol. The maximum absolute atomic E-state index is 11.8. The molecule has 1 heterocycles. The molecule has 1 aromatic rings. The summed E-state index contributed by atoms with van der Waals surface area (Å²) in [6.45, 7) is 4.48. The third-order valence-corrected chi connectivity index (χ3v) is 7.11. The Labute approximate surface area is 202 Å². The van der Waals surface area contributed by atoms with Crippen LogP contribution in [0.2, 0.25) is 5.02 Å². The number of guanidine groups is 1. The molecule has 1 unspecified atom stereocenters. The summed E-state index contributed by atoms with van der Waals surface area (Å²) < 4.78 is 30.4. The van der Waals surface area contributed by atoms with E-state index in [-0.39, 0.29) is 35.8 Å². The van der Waals surface area contributed by atoms with Gasteiger partial charge in [0.05, 0.1) is 18.6 Å². The molecule has 2 N–H and O–H groups in total. The molecule has 30 heavy (non-hydrogen) atoms. The Kier molecular flexibility index (Phi) is 11.5. The van der Waals surface area contributed by atoms with Crippen molar-refractivity contribution in [3.05, 3.63) is 23.2 Å². The van der Waals surface area contributed by atoms with Gasteiger partial charge in [-0.1, -0.05) is 11.6 Å². The second-order valence-corrected chi connectivity index (χ2v) is 9.77. The van der Waals surface area contributed by atoms with E-state index in [9.17, 15) is 8.42 Å². The summed E-state index contributed by atoms with van der Waals surface area (Å²) in [7, 11) is 1.88. The lowest BCUT2D eigenvalue weighted by atomic mass is 10.2. The SMILES string of the molecule is CCS(=O)(=O)N(C)CCCNC(=NC)NC1CCN(c2cc(Cl)ccc2OC)C1.I. The van der Waals surface area contributed by atoms with Gasteiger partial charge in [-0.15, -0.1) is 24.0 Å². The molecule has 0 radical (unpaired) electrons. The van der Waals surface area contributed by atoms with E-state index in [1.165, 1.54) is 4.31 Å². The number of halogens is 2. The fourth-order valence-corrected chi connectivity index (χ4v) is 4.28. The molecule has 0 amide bonds. The number of rotatable bonds is 9. The highest BCUT2D eigenvalue weighted by Crippen LogP contribution is 2.33. The van der Waals surface area contributed by atoms with Gasteiger partial charge in [0.15, 0.2) is 5.96 Å². The minimum atomic E-state index is -3.13. The van der Waals surface area contributed by atoms with Crippen LogP contribution in [0.3, 0.4) is 0 Å². The Morgan fingerprint density at radius 3 is 2.80 bits per heavy atom. The highest BCUT2D eigenvalue weighted by atomic mass is 127. The number of nitrogens with one attached hydrogen (secondary N) is 2. The molecule has 0 spiro atoms. The smallest absolute Gasteiger partial charge is 0.213 e. The van der Waals surface area contributed by atoms with Crippen molar-refractivity contribution in [2.75, 3.05) is 58.0 Å². The first-order valence-electron chi connectivity index (χ1n) is 9.80. The summed E-state index contributed by atoms with van der Waals surface area (Å²) in [6, 6.07) is 5.88. The van der Waals surface area contributed by atoms with Gasteiger partial charge < -0.3 is 20.3 Å². The zero-order chi connectivity index (χ0) is 21.4. The van der Waals surface area contributed by atoms with Gasteiger partial charge in [-0.2, -0.15) is 0 Å². The van der Waals surface area contributed by atoms with Crippen LogP contribution in [0.1, 0.15) is 19.8 Å². The number of anilines is 1. The molecule has 1 aliphatic rings. The fourth-order valence-electron chi connectivity index (χ4n) is 3.26. The van der Waals surface area contributed by atoms with Gasteiger partial charge in [-0.25, -0.2) is 12.7 Å². The minimum absolute atomic E-state index is 0. The maximum atomic E-state index is 11.8. The summed E-state index contributed by atoms with van der Waals surface area (Å²) in [6.07, 6.45) is 1.67. The van der Waals surface area contributed by atoms with Crippen LogP contribution in [0.15, 0.2) is 23.2 Å². The van der Waals surface area contributed by atoms with Crippen LogP contribution in [0.5, 0.6) is 5.75 Å². The molecule has 0 aromatic heterocycles. The van der Waals surface area contributed by atoms with Crippen molar-refractivity contribution in [1.29, 1.82) is 0 Å². The average Bonchev–Trinajstić information content (AvgIpc) is 3.18. The summed E-state index contributed by atoms with van der Waals surface area (Å²) in [4.78, 5) is 6.53. The van der Waals surface area contributed by atoms with Gasteiger partial charge in [0.1, 0.15) is 5.75 Å². The van der Waals surface area contributed by atoms with Crippen LogP contribution in [-0.2, 0) is 10.0 Å². The molecule has 1 aromatic carbocycles. The monoisotopic (exact) mass is 573 g/mol. The summed E-state index contributed by atoms with van der Waals surface area (Å²) in [5.41, 5.74) is 0.993. The van der Waals surface area contributed by atoms with Crippen LogP contribution in [0.25, 0.3) is 0 Å². The van der Waals surface area contributed by atoms with E-state index in [1.807, 2.05) is 18.2 Å². The van der Waals surface area contributed by atoms with Gasteiger partial charge in [0.25, 0.3) is 0 Å². The largest absolute Gasteiger partial charge is 0.495 e. The van der Waals surface area contributed by atoms with E-state index in [4.69, 9.17) is 16.3 Å². The van der Waals surface area contributed by atoms with Crippen molar-refractivity contribution >= 4 is 57.2 Å². The Bertz CT molecular complexity index is 809. The van der Waals surface area contributed by atoms with Crippen molar-refractivity contribution in [2.45, 2.75) is 25.8 Å². The predicted octanol–water partition coefficient (Wildman–Crippen LogP) is 2.38. The number of hydrogen-bond donors (Lipinski definition) is 2. The highest BCUT2D eigenvalue weighted by molar-refractivity contribution is 14.0. The van der Waals surface area contributed by atoms with Crippen molar-refractivity contribution < 1.29 is 13.2 Å². The van der Waals surface area contributed by atoms with Gasteiger partial charge in [0.2, 0.25) is 10.0 Å². The molecule has 172 valence electrons. The summed E-state index contributed by atoms with van der Waals surface area (Å²) in [5, 5.41) is 7.38. The van der Waals surface area contributed by atoms with E-state index < -0.39 is 10.0 Å². The van der Waals surface area contributed by atoms with Gasteiger partial charge in [0, 0.05) is 51.3 Å². The maximum Gasteiger partial charge on any atom is 0.213 e. The Morgan fingerprint density at radius 2 is 2.17 bits per heavy atom. The van der Waals surface area contributed by atoms with Crippen molar-refractivity contribution in [2.24, 2.45) is 4.99 Å². The molecule has 1 fully saturated rings. The van der Waals surface area contributed by atoms with E-state index in [2.05, 4.69) is 20.5 Å². The third kappa shape index (κ3) is 7.61. The van der Waals surface area contributed by atoms with Crippen LogP contribution in [-0.4, -0.2) is 77.9 Å². The minimum Gasteiger partial charge on any atom is -0.495 e. The van der Waals surface area contributed by atoms with E-state index in [0.29, 0.717) is 24.5 Å². The number of benzene rings is 1. The molecule has 8 nitrogen and oxygen atoms in total. The molecule has 1 saturated heterocycles. The number of sulfonamides is 1. The Morgan fingerprint density at radius 1 is 1.43 bits per heavy atom. The van der Waals surface area contributed by atoms with Gasteiger partial charge in [-0.05, 0) is 38.0 Å². The number of nitrogens with zero attached hydrogens (tertiary/aromatic N) is 3. The first-order valence-corrected chi connectivity index (χ1v) is 11.8. The number of hydrogen-bond acceptors (Lipinski definition) is 5. The number of aliphatic imine (C=N–C) groups is 1. The van der Waals surface area contributed by atoms with Crippen molar-refractivity contribution in [3.8, 4) is 5.75 Å². The van der Waals surface area contributed by atoms with Crippen LogP contribution in [0.4, 0.5) is 5.69 Å². The topological polar surface area (TPSA) is 86.3 Å². The highest BCUT2D eigenvalue weighted by Gasteiger charge is 2.25. The second-order valence-electron chi connectivity index (χ2n) is 6.97. The molecule has 2 rings (SSSR count). The lowest BCUT2D eigenvalue weighted by Crippen LogP contribution is -2.45. The van der Waals surface area contributed by atoms with E-state index in [0.717, 1.165) is 36.9 Å². The Hall–Kier alpha value is -0.980. The molecular formula is C19H33ClIN5O3S. The molecule has 1 aliphatic heterocycles. The van der Waals surface area contributed by atoms with Crippen LogP contribution in [0, 0.1) is 0 Å². The Balaban J connectivity index is 0.00000450. The first-order chi connectivity index (χ1) is 13.8. The average molecular weight is 574 g/mol. The molecule has 0 bridgehead atoms. The fraction of sp³-hybridized carbons (Fsp3) is 0.632. The van der Waals surface area contributed by atoms with Crippen LogP contribution >= 0.6 is 35.6 Å². The molecule has 11 heteroatoms. The normalized spacial score (nSPS) is 17.1. The first kappa shape index (κ1) is 27.1. The molecular weight excluding hydrogens is 541 g/mol. The number of methoxy groups -OCH3 is 1. The van der Waals surface area contributed by atoms with E-state index in [1.54, 1.807) is 28.1 Å². The molecule has 1 atom stereocenters. The van der Waals surface area contributed by atoms with E-state index >= 15 is 0 Å². The standard InChI is InChI=1S/C19H32ClN5O3S.HI/c1-5-29(26,27)24(3)11-6-10-22-19(21-2)23-16-9-12-25(14-16)17-13-15(20)7-8-18(17)28-4;/h7-8,13,16H,5-6,9-12,14H2,1-4H3,(H2,21,22,23);1H. The van der Waals surface area contributed by atoms with Crippen molar-refractivity contribution in [3.63, 3.8) is 0 Å². The molecule has 0 saturated carbocycles. The zero-order valence-corrected chi connectivity index (χ0v) is 21.9. The van der Waals surface area contributed by atoms with Gasteiger partial charge >= 0.3 is 0 Å². The van der Waals surface area contributed by atoms with Crippen molar-refractivity contribution in [1.82, 2.24) is 14.9 Å². The lowest BCUT2D eigenvalue weighted by Gasteiger charge is -2.22. The van der Waals surface area contributed by atoms with Crippen LogP contribution < -0.4 is 20.3 Å². The zero-order valence-electron chi connectivity index (χ0n) is 18.0. The quantitative estimate of drug-likeness (QED) is 0.204. The number of ether oxygens (including phenoxy) is 1. The summed E-state index contributed by atoms with van der Waals surface area (Å²) >= 11 is 6.16. The second kappa shape index (κ2) is 12.8. The third-order valence-electron chi connectivity index (χ3n) is 5.02.